The number of nitrogens with one attached hydrogen (secondary N) is 2. The van der Waals surface area contributed by atoms with E-state index in [1.54, 1.807) is 36.4 Å². The molecule has 31 heavy (non-hydrogen) atoms. The first kappa shape index (κ1) is 20.7. The summed E-state index contributed by atoms with van der Waals surface area (Å²) in [6.45, 7) is 2.57. The molecule has 2 N–H and O–H groups in total. The molecule has 0 bridgehead atoms. The Balaban J connectivity index is 1.46. The van der Waals surface area contributed by atoms with E-state index in [4.69, 9.17) is 16.3 Å². The normalized spacial score (nSPS) is 14.9. The second kappa shape index (κ2) is 9.06. The van der Waals surface area contributed by atoms with Crippen molar-refractivity contribution in [1.29, 1.82) is 0 Å². The summed E-state index contributed by atoms with van der Waals surface area (Å²) in [6.07, 6.45) is 1.59. The lowest BCUT2D eigenvalue weighted by Gasteiger charge is -2.21. The van der Waals surface area contributed by atoms with Gasteiger partial charge in [-0.25, -0.2) is 0 Å². The Hall–Kier alpha value is -3.57. The molecule has 1 aliphatic rings. The molecular formula is C25H21ClN2O3. The van der Waals surface area contributed by atoms with Crippen LogP contribution in [-0.4, -0.2) is 18.4 Å². The quantitative estimate of drug-likeness (QED) is 0.541. The molecule has 5 nitrogen and oxygen atoms in total. The topological polar surface area (TPSA) is 67.4 Å². The van der Waals surface area contributed by atoms with Gasteiger partial charge in [-0.1, -0.05) is 67.1 Å². The molecule has 3 aromatic rings. The van der Waals surface area contributed by atoms with Gasteiger partial charge in [0.1, 0.15) is 0 Å². The lowest BCUT2D eigenvalue weighted by atomic mass is 10.0. The fourth-order valence-corrected chi connectivity index (χ4v) is 3.47. The summed E-state index contributed by atoms with van der Waals surface area (Å²) < 4.78 is 5.75. The SMILES string of the molecule is CC(CNC(=O)c1ccc2c(c1)NC(=O)/C(=C\c1ccccc1Cl)O2)c1ccccc1. The minimum Gasteiger partial charge on any atom is -0.449 e. The maximum Gasteiger partial charge on any atom is 0.291 e. The Morgan fingerprint density at radius 1 is 1.10 bits per heavy atom. The standard InChI is InChI=1S/C25H21ClN2O3/c1-16(17-7-3-2-4-8-17)15-27-24(29)19-11-12-22-21(13-19)28-25(30)23(31-22)14-18-9-5-6-10-20(18)26/h2-14,16H,15H2,1H3,(H,27,29)(H,28,30)/b23-14+. The van der Waals surface area contributed by atoms with Crippen molar-refractivity contribution in [2.45, 2.75) is 12.8 Å². The van der Waals surface area contributed by atoms with Crippen LogP contribution in [0.1, 0.15) is 34.3 Å². The van der Waals surface area contributed by atoms with Crippen molar-refractivity contribution in [2.75, 3.05) is 11.9 Å². The van der Waals surface area contributed by atoms with E-state index in [0.29, 0.717) is 34.1 Å². The zero-order valence-electron chi connectivity index (χ0n) is 16.9. The largest absolute Gasteiger partial charge is 0.449 e. The molecule has 1 unspecified atom stereocenters. The summed E-state index contributed by atoms with van der Waals surface area (Å²) in [7, 11) is 0. The minimum absolute atomic E-state index is 0.134. The fourth-order valence-electron chi connectivity index (χ4n) is 3.28. The molecule has 1 atom stereocenters. The molecule has 0 saturated heterocycles. The Bertz CT molecular complexity index is 1160. The van der Waals surface area contributed by atoms with E-state index in [0.717, 1.165) is 5.56 Å². The number of ether oxygens (including phenoxy) is 1. The lowest BCUT2D eigenvalue weighted by Crippen LogP contribution is -2.28. The van der Waals surface area contributed by atoms with Crippen molar-refractivity contribution in [2.24, 2.45) is 0 Å². The summed E-state index contributed by atoms with van der Waals surface area (Å²) in [4.78, 5) is 25.1. The number of fused-ring (bicyclic) bond motifs is 1. The number of hydrogen-bond acceptors (Lipinski definition) is 3. The highest BCUT2D eigenvalue weighted by atomic mass is 35.5. The second-order valence-corrected chi connectivity index (χ2v) is 7.73. The van der Waals surface area contributed by atoms with Gasteiger partial charge >= 0.3 is 0 Å². The van der Waals surface area contributed by atoms with E-state index in [-0.39, 0.29) is 17.6 Å². The van der Waals surface area contributed by atoms with Crippen molar-refractivity contribution in [3.8, 4) is 5.75 Å². The van der Waals surface area contributed by atoms with Crippen LogP contribution in [-0.2, 0) is 4.79 Å². The number of carbonyl (C=O) groups is 2. The van der Waals surface area contributed by atoms with Gasteiger partial charge in [-0.05, 0) is 47.4 Å². The van der Waals surface area contributed by atoms with Gasteiger partial charge in [-0.15, -0.1) is 0 Å². The van der Waals surface area contributed by atoms with Crippen molar-refractivity contribution in [3.05, 3.63) is 100 Å². The van der Waals surface area contributed by atoms with Crippen LogP contribution in [0.3, 0.4) is 0 Å². The highest BCUT2D eigenvalue weighted by molar-refractivity contribution is 6.32. The van der Waals surface area contributed by atoms with E-state index in [2.05, 4.69) is 17.6 Å². The zero-order valence-corrected chi connectivity index (χ0v) is 17.6. The van der Waals surface area contributed by atoms with Crippen LogP contribution in [0.2, 0.25) is 5.02 Å². The predicted octanol–water partition coefficient (Wildman–Crippen LogP) is 5.25. The molecule has 0 aromatic heterocycles. The first-order chi connectivity index (χ1) is 15.0. The molecule has 156 valence electrons. The Morgan fingerprint density at radius 2 is 1.84 bits per heavy atom. The third-order valence-electron chi connectivity index (χ3n) is 5.06. The molecule has 0 saturated carbocycles. The Morgan fingerprint density at radius 3 is 2.61 bits per heavy atom. The first-order valence-corrected chi connectivity index (χ1v) is 10.3. The van der Waals surface area contributed by atoms with Crippen LogP contribution < -0.4 is 15.4 Å². The molecule has 0 aliphatic carbocycles. The van der Waals surface area contributed by atoms with Crippen LogP contribution in [0.4, 0.5) is 5.69 Å². The highest BCUT2D eigenvalue weighted by Gasteiger charge is 2.23. The molecule has 2 amide bonds. The van der Waals surface area contributed by atoms with E-state index in [9.17, 15) is 9.59 Å². The molecule has 0 fully saturated rings. The van der Waals surface area contributed by atoms with Gasteiger partial charge in [-0.2, -0.15) is 0 Å². The van der Waals surface area contributed by atoms with E-state index in [1.807, 2.05) is 42.5 Å². The van der Waals surface area contributed by atoms with Crippen LogP contribution in [0, 0.1) is 0 Å². The van der Waals surface area contributed by atoms with Gasteiger partial charge in [0.15, 0.2) is 11.5 Å². The van der Waals surface area contributed by atoms with E-state index >= 15 is 0 Å². The number of rotatable bonds is 5. The van der Waals surface area contributed by atoms with Gasteiger partial charge in [0.05, 0.1) is 5.69 Å². The van der Waals surface area contributed by atoms with Gasteiger partial charge < -0.3 is 15.4 Å². The maximum absolute atomic E-state index is 12.6. The molecule has 3 aromatic carbocycles. The summed E-state index contributed by atoms with van der Waals surface area (Å²) >= 11 is 6.16. The number of amides is 2. The summed E-state index contributed by atoms with van der Waals surface area (Å²) in [5.41, 5.74) is 2.74. The van der Waals surface area contributed by atoms with Crippen LogP contribution in [0.5, 0.6) is 5.75 Å². The highest BCUT2D eigenvalue weighted by Crippen LogP contribution is 2.33. The third-order valence-corrected chi connectivity index (χ3v) is 5.41. The van der Waals surface area contributed by atoms with Crippen LogP contribution in [0.25, 0.3) is 6.08 Å². The molecular weight excluding hydrogens is 412 g/mol. The van der Waals surface area contributed by atoms with Crippen molar-refractivity contribution in [3.63, 3.8) is 0 Å². The van der Waals surface area contributed by atoms with Gasteiger partial charge in [0.25, 0.3) is 11.8 Å². The average molecular weight is 433 g/mol. The van der Waals surface area contributed by atoms with Gasteiger partial charge in [0.2, 0.25) is 0 Å². The number of benzene rings is 3. The molecule has 1 aliphatic heterocycles. The van der Waals surface area contributed by atoms with Crippen molar-refractivity contribution >= 4 is 35.2 Å². The predicted molar refractivity (Wildman–Crippen MR) is 122 cm³/mol. The zero-order chi connectivity index (χ0) is 21.8. The maximum atomic E-state index is 12.6. The molecule has 1 heterocycles. The lowest BCUT2D eigenvalue weighted by molar-refractivity contribution is -0.115. The van der Waals surface area contributed by atoms with Gasteiger partial charge in [-0.3, -0.25) is 9.59 Å². The fraction of sp³-hybridized carbons (Fsp3) is 0.120. The third kappa shape index (κ3) is 4.78. The molecule has 6 heteroatoms. The van der Waals surface area contributed by atoms with Crippen LogP contribution in [0.15, 0.2) is 78.6 Å². The number of anilines is 1. The van der Waals surface area contributed by atoms with Crippen molar-refractivity contribution < 1.29 is 14.3 Å². The van der Waals surface area contributed by atoms with E-state index < -0.39 is 5.91 Å². The number of carbonyl (C=O) groups excluding carboxylic acids is 2. The Kier molecular flexibility index (Phi) is 6.05. The van der Waals surface area contributed by atoms with E-state index in [1.165, 1.54) is 0 Å². The number of hydrogen-bond donors (Lipinski definition) is 2. The first-order valence-electron chi connectivity index (χ1n) is 9.94. The molecule has 0 radical (unpaired) electrons. The molecule has 0 spiro atoms. The minimum atomic E-state index is -0.400. The van der Waals surface area contributed by atoms with Crippen molar-refractivity contribution in [1.82, 2.24) is 5.32 Å². The van der Waals surface area contributed by atoms with Gasteiger partial charge in [0, 0.05) is 17.1 Å². The molecule has 4 rings (SSSR count). The monoisotopic (exact) mass is 432 g/mol. The number of halogens is 1. The second-order valence-electron chi connectivity index (χ2n) is 7.32. The average Bonchev–Trinajstić information content (AvgIpc) is 2.79. The Labute approximate surface area is 185 Å². The summed E-state index contributed by atoms with van der Waals surface area (Å²) in [5, 5.41) is 6.25. The summed E-state index contributed by atoms with van der Waals surface area (Å²) in [5.74, 6) is 0.171. The van der Waals surface area contributed by atoms with Crippen LogP contribution >= 0.6 is 11.6 Å². The smallest absolute Gasteiger partial charge is 0.291 e. The summed E-state index contributed by atoms with van der Waals surface area (Å²) in [6, 6.07) is 22.1.